The number of benzene rings is 1. The fourth-order valence-electron chi connectivity index (χ4n) is 2.86. The van der Waals surface area contributed by atoms with Gasteiger partial charge in [0.1, 0.15) is 5.60 Å². The molecule has 0 spiro atoms. The summed E-state index contributed by atoms with van der Waals surface area (Å²) in [6.07, 6.45) is 1.32. The predicted octanol–water partition coefficient (Wildman–Crippen LogP) is 2.74. The van der Waals surface area contributed by atoms with Gasteiger partial charge in [0.25, 0.3) is 5.91 Å². The Bertz CT molecular complexity index is 741. The van der Waals surface area contributed by atoms with E-state index >= 15 is 0 Å². The van der Waals surface area contributed by atoms with Crippen molar-refractivity contribution in [3.63, 3.8) is 0 Å². The van der Waals surface area contributed by atoms with Crippen molar-refractivity contribution in [2.75, 3.05) is 47.3 Å². The van der Waals surface area contributed by atoms with E-state index in [9.17, 15) is 9.59 Å². The Morgan fingerprint density at radius 3 is 2.35 bits per heavy atom. The van der Waals surface area contributed by atoms with E-state index in [-0.39, 0.29) is 12.0 Å². The first-order chi connectivity index (χ1) is 14.6. The standard InChI is InChI=1S/C23H39N5O3/c1-8-15-28(22(30)31-23(2,3)4)16-14-26-21(24-5)25-13-12-18-10-9-11-19(17-18)20(29)27(6)7/h9-11,17H,8,12-16H2,1-7H3,(H2,24,25,26). The van der Waals surface area contributed by atoms with Crippen molar-refractivity contribution in [3.05, 3.63) is 35.4 Å². The molecule has 8 nitrogen and oxygen atoms in total. The third-order valence-electron chi connectivity index (χ3n) is 4.33. The van der Waals surface area contributed by atoms with Gasteiger partial charge in [-0.15, -0.1) is 0 Å². The third-order valence-corrected chi connectivity index (χ3v) is 4.33. The molecule has 174 valence electrons. The third kappa shape index (κ3) is 10.2. The average Bonchev–Trinajstić information content (AvgIpc) is 2.70. The lowest BCUT2D eigenvalue weighted by Gasteiger charge is -2.27. The fourth-order valence-corrected chi connectivity index (χ4v) is 2.86. The second-order valence-electron chi connectivity index (χ2n) is 8.54. The second kappa shape index (κ2) is 12.8. The number of nitrogens with one attached hydrogen (secondary N) is 2. The van der Waals surface area contributed by atoms with Gasteiger partial charge < -0.3 is 25.2 Å². The van der Waals surface area contributed by atoms with Crippen LogP contribution in [0.3, 0.4) is 0 Å². The summed E-state index contributed by atoms with van der Waals surface area (Å²) in [5.41, 5.74) is 1.25. The highest BCUT2D eigenvalue weighted by atomic mass is 16.6. The van der Waals surface area contributed by atoms with Crippen molar-refractivity contribution in [2.45, 2.75) is 46.1 Å². The summed E-state index contributed by atoms with van der Waals surface area (Å²) in [7, 11) is 5.21. The molecule has 1 rings (SSSR count). The first-order valence-electron chi connectivity index (χ1n) is 10.8. The smallest absolute Gasteiger partial charge is 0.410 e. The minimum absolute atomic E-state index is 0.00564. The Hall–Kier alpha value is -2.77. The van der Waals surface area contributed by atoms with Gasteiger partial charge >= 0.3 is 6.09 Å². The van der Waals surface area contributed by atoms with E-state index in [1.807, 2.05) is 52.0 Å². The molecule has 0 fully saturated rings. The number of ether oxygens (including phenoxy) is 1. The predicted molar refractivity (Wildman–Crippen MR) is 126 cm³/mol. The van der Waals surface area contributed by atoms with E-state index in [2.05, 4.69) is 15.6 Å². The molecule has 0 unspecified atom stereocenters. The zero-order valence-electron chi connectivity index (χ0n) is 20.1. The molecule has 0 aliphatic heterocycles. The van der Waals surface area contributed by atoms with E-state index in [4.69, 9.17) is 4.74 Å². The van der Waals surface area contributed by atoms with Crippen LogP contribution in [-0.4, -0.2) is 80.7 Å². The maximum absolute atomic E-state index is 12.3. The van der Waals surface area contributed by atoms with Gasteiger partial charge in [0.2, 0.25) is 0 Å². The number of nitrogens with zero attached hydrogens (tertiary/aromatic N) is 3. The topological polar surface area (TPSA) is 86.3 Å². The van der Waals surface area contributed by atoms with Crippen molar-refractivity contribution < 1.29 is 14.3 Å². The highest BCUT2D eigenvalue weighted by Crippen LogP contribution is 2.10. The van der Waals surface area contributed by atoms with Crippen molar-refractivity contribution in [1.29, 1.82) is 0 Å². The summed E-state index contributed by atoms with van der Waals surface area (Å²) >= 11 is 0. The minimum atomic E-state index is -0.511. The van der Waals surface area contributed by atoms with Gasteiger partial charge in [0.15, 0.2) is 5.96 Å². The van der Waals surface area contributed by atoms with Crippen LogP contribution in [0.1, 0.15) is 50.0 Å². The Balaban J connectivity index is 2.49. The molecule has 2 amide bonds. The Morgan fingerprint density at radius 1 is 1.10 bits per heavy atom. The Morgan fingerprint density at radius 2 is 1.77 bits per heavy atom. The van der Waals surface area contributed by atoms with E-state index in [1.165, 1.54) is 0 Å². The van der Waals surface area contributed by atoms with Crippen LogP contribution in [0.5, 0.6) is 0 Å². The van der Waals surface area contributed by atoms with Gasteiger partial charge in [-0.3, -0.25) is 9.79 Å². The molecule has 0 aliphatic carbocycles. The summed E-state index contributed by atoms with van der Waals surface area (Å²) in [5.74, 6) is 0.662. The van der Waals surface area contributed by atoms with Crippen LogP contribution in [0.15, 0.2) is 29.3 Å². The largest absolute Gasteiger partial charge is 0.444 e. The van der Waals surface area contributed by atoms with Crippen LogP contribution in [0.25, 0.3) is 0 Å². The molecule has 31 heavy (non-hydrogen) atoms. The van der Waals surface area contributed by atoms with Crippen LogP contribution in [0.2, 0.25) is 0 Å². The molecule has 0 saturated carbocycles. The normalized spacial score (nSPS) is 11.6. The van der Waals surface area contributed by atoms with Crippen LogP contribution < -0.4 is 10.6 Å². The van der Waals surface area contributed by atoms with E-state index in [0.29, 0.717) is 37.7 Å². The molecule has 0 bridgehead atoms. The van der Waals surface area contributed by atoms with Crippen LogP contribution in [0.4, 0.5) is 4.79 Å². The molecule has 0 atom stereocenters. The molecule has 0 saturated heterocycles. The van der Waals surface area contributed by atoms with E-state index in [0.717, 1.165) is 18.4 Å². The van der Waals surface area contributed by atoms with E-state index in [1.54, 1.807) is 30.9 Å². The molecule has 0 aromatic heterocycles. The lowest BCUT2D eigenvalue weighted by Crippen LogP contribution is -2.45. The highest BCUT2D eigenvalue weighted by molar-refractivity contribution is 5.94. The average molecular weight is 434 g/mol. The molecule has 0 aliphatic rings. The van der Waals surface area contributed by atoms with Gasteiger partial charge in [0, 0.05) is 52.9 Å². The van der Waals surface area contributed by atoms with Crippen LogP contribution in [0, 0.1) is 0 Å². The number of guanidine groups is 1. The lowest BCUT2D eigenvalue weighted by molar-refractivity contribution is 0.0253. The number of carbonyl (C=O) groups excluding carboxylic acids is 2. The molecule has 0 heterocycles. The Kier molecular flexibility index (Phi) is 10.9. The summed E-state index contributed by atoms with van der Waals surface area (Å²) < 4.78 is 5.48. The molecule has 1 aromatic carbocycles. The molecule has 8 heteroatoms. The molecule has 2 N–H and O–H groups in total. The number of hydrogen-bond donors (Lipinski definition) is 2. The van der Waals surface area contributed by atoms with Gasteiger partial charge in [-0.05, 0) is 51.3 Å². The number of amides is 2. The summed E-state index contributed by atoms with van der Waals surface area (Å²) in [4.78, 5) is 32.0. The highest BCUT2D eigenvalue weighted by Gasteiger charge is 2.21. The molecular weight excluding hydrogens is 394 g/mol. The zero-order chi connectivity index (χ0) is 23.4. The fraction of sp³-hybridized carbons (Fsp3) is 0.609. The quantitative estimate of drug-likeness (QED) is 0.462. The molecule has 0 radical (unpaired) electrons. The number of rotatable bonds is 9. The van der Waals surface area contributed by atoms with Crippen molar-refractivity contribution >= 4 is 18.0 Å². The van der Waals surface area contributed by atoms with Crippen molar-refractivity contribution in [2.24, 2.45) is 4.99 Å². The van der Waals surface area contributed by atoms with Gasteiger partial charge in [-0.25, -0.2) is 4.79 Å². The second-order valence-corrected chi connectivity index (χ2v) is 8.54. The number of hydrogen-bond acceptors (Lipinski definition) is 4. The number of aliphatic imine (C=N–C) groups is 1. The summed E-state index contributed by atoms with van der Waals surface area (Å²) in [6.45, 7) is 10.0. The molecule has 1 aromatic rings. The number of carbonyl (C=O) groups is 2. The Labute approximate surface area is 187 Å². The van der Waals surface area contributed by atoms with Crippen molar-refractivity contribution in [3.8, 4) is 0 Å². The van der Waals surface area contributed by atoms with Crippen LogP contribution >= 0.6 is 0 Å². The first kappa shape index (κ1) is 26.3. The maximum Gasteiger partial charge on any atom is 0.410 e. The summed E-state index contributed by atoms with van der Waals surface area (Å²) in [5, 5.41) is 6.51. The first-order valence-corrected chi connectivity index (χ1v) is 10.8. The zero-order valence-corrected chi connectivity index (χ0v) is 20.1. The maximum atomic E-state index is 12.3. The van der Waals surface area contributed by atoms with Gasteiger partial charge in [0.05, 0.1) is 0 Å². The lowest BCUT2D eigenvalue weighted by atomic mass is 10.1. The van der Waals surface area contributed by atoms with E-state index < -0.39 is 5.60 Å². The van der Waals surface area contributed by atoms with Gasteiger partial charge in [-0.2, -0.15) is 0 Å². The molecular formula is C23H39N5O3. The van der Waals surface area contributed by atoms with Crippen LogP contribution in [-0.2, 0) is 11.2 Å². The van der Waals surface area contributed by atoms with Crippen molar-refractivity contribution in [1.82, 2.24) is 20.4 Å². The van der Waals surface area contributed by atoms with Gasteiger partial charge in [-0.1, -0.05) is 19.1 Å². The monoisotopic (exact) mass is 433 g/mol. The summed E-state index contributed by atoms with van der Waals surface area (Å²) in [6, 6.07) is 7.65. The SMILES string of the molecule is CCCN(CCNC(=NC)NCCc1cccc(C(=O)N(C)C)c1)C(=O)OC(C)(C)C. The minimum Gasteiger partial charge on any atom is -0.444 e.